The van der Waals surface area contributed by atoms with Crippen LogP contribution in [0.25, 0.3) is 5.57 Å². The van der Waals surface area contributed by atoms with Crippen molar-refractivity contribution < 1.29 is 23.9 Å². The standard InChI is InChI=1S/C16H16O5/c1-3-20-15(18)13-8-14(16(19)21-4-2)12-7-10(9-17)5-6-11(12)13/h5-9,14H,3-4H2,1-2H3. The lowest BCUT2D eigenvalue weighted by molar-refractivity contribution is -0.143. The summed E-state index contributed by atoms with van der Waals surface area (Å²) in [6.07, 6.45) is 2.24. The molecule has 1 unspecified atom stereocenters. The van der Waals surface area contributed by atoms with Crippen molar-refractivity contribution >= 4 is 23.8 Å². The van der Waals surface area contributed by atoms with Crippen molar-refractivity contribution in [3.8, 4) is 0 Å². The first-order valence-electron chi connectivity index (χ1n) is 6.77. The molecule has 0 fully saturated rings. The number of hydrogen-bond acceptors (Lipinski definition) is 5. The van der Waals surface area contributed by atoms with Gasteiger partial charge in [-0.1, -0.05) is 18.2 Å². The van der Waals surface area contributed by atoms with Crippen LogP contribution in [0.1, 0.15) is 41.3 Å². The van der Waals surface area contributed by atoms with E-state index in [4.69, 9.17) is 9.47 Å². The van der Waals surface area contributed by atoms with Gasteiger partial charge >= 0.3 is 11.9 Å². The fourth-order valence-electron chi connectivity index (χ4n) is 2.32. The van der Waals surface area contributed by atoms with Crippen LogP contribution in [0.3, 0.4) is 0 Å². The van der Waals surface area contributed by atoms with E-state index in [0.29, 0.717) is 28.5 Å². The molecule has 1 aliphatic rings. The van der Waals surface area contributed by atoms with Gasteiger partial charge in [-0.2, -0.15) is 0 Å². The van der Waals surface area contributed by atoms with Crippen molar-refractivity contribution in [2.75, 3.05) is 13.2 Å². The van der Waals surface area contributed by atoms with Crippen LogP contribution < -0.4 is 0 Å². The molecule has 1 aliphatic carbocycles. The molecule has 110 valence electrons. The van der Waals surface area contributed by atoms with Gasteiger partial charge in [0.2, 0.25) is 0 Å². The minimum absolute atomic E-state index is 0.251. The Morgan fingerprint density at radius 2 is 1.90 bits per heavy atom. The SMILES string of the molecule is CCOC(=O)C1=CC(C(=O)OCC)c2cc(C=O)ccc21. The van der Waals surface area contributed by atoms with E-state index >= 15 is 0 Å². The lowest BCUT2D eigenvalue weighted by atomic mass is 9.98. The zero-order valence-corrected chi connectivity index (χ0v) is 11.9. The Morgan fingerprint density at radius 3 is 2.52 bits per heavy atom. The van der Waals surface area contributed by atoms with Crippen molar-refractivity contribution in [2.24, 2.45) is 0 Å². The molecule has 1 aromatic carbocycles. The molecule has 0 heterocycles. The van der Waals surface area contributed by atoms with Crippen LogP contribution in [0.4, 0.5) is 0 Å². The van der Waals surface area contributed by atoms with Gasteiger partial charge in [0.25, 0.3) is 0 Å². The summed E-state index contributed by atoms with van der Waals surface area (Å²) in [5.74, 6) is -1.61. The Labute approximate surface area is 122 Å². The first kappa shape index (κ1) is 15.0. The Kier molecular flexibility index (Phi) is 4.52. The highest BCUT2D eigenvalue weighted by Crippen LogP contribution is 2.37. The molecule has 2 rings (SSSR count). The number of ether oxygens (including phenoxy) is 2. The van der Waals surface area contributed by atoms with E-state index in [2.05, 4.69) is 0 Å². The third kappa shape index (κ3) is 2.86. The summed E-state index contributed by atoms with van der Waals surface area (Å²) >= 11 is 0. The Balaban J connectivity index is 2.46. The van der Waals surface area contributed by atoms with Crippen LogP contribution in [0.15, 0.2) is 24.3 Å². The van der Waals surface area contributed by atoms with Gasteiger partial charge in [-0.05, 0) is 31.0 Å². The maximum atomic E-state index is 12.0. The fraction of sp³-hybridized carbons (Fsp3) is 0.312. The molecule has 0 radical (unpaired) electrons. The molecule has 0 saturated heterocycles. The number of aldehydes is 1. The maximum absolute atomic E-state index is 12.0. The molecule has 21 heavy (non-hydrogen) atoms. The van der Waals surface area contributed by atoms with Gasteiger partial charge in [-0.25, -0.2) is 4.79 Å². The van der Waals surface area contributed by atoms with Crippen molar-refractivity contribution in [2.45, 2.75) is 19.8 Å². The summed E-state index contributed by atoms with van der Waals surface area (Å²) in [4.78, 5) is 34.9. The second-order valence-corrected chi connectivity index (χ2v) is 4.50. The molecule has 0 aliphatic heterocycles. The molecule has 0 amide bonds. The lowest BCUT2D eigenvalue weighted by Crippen LogP contribution is -2.13. The molecule has 0 bridgehead atoms. The van der Waals surface area contributed by atoms with E-state index in [9.17, 15) is 14.4 Å². The van der Waals surface area contributed by atoms with Crippen LogP contribution in [-0.2, 0) is 19.1 Å². The largest absolute Gasteiger partial charge is 0.465 e. The third-order valence-electron chi connectivity index (χ3n) is 3.21. The number of esters is 2. The van der Waals surface area contributed by atoms with Crippen molar-refractivity contribution in [1.29, 1.82) is 0 Å². The molecule has 5 nitrogen and oxygen atoms in total. The number of hydrogen-bond donors (Lipinski definition) is 0. The summed E-state index contributed by atoms with van der Waals surface area (Å²) in [6, 6.07) is 4.86. The maximum Gasteiger partial charge on any atom is 0.338 e. The average molecular weight is 288 g/mol. The minimum Gasteiger partial charge on any atom is -0.465 e. The normalized spacial score (nSPS) is 15.9. The smallest absolute Gasteiger partial charge is 0.338 e. The quantitative estimate of drug-likeness (QED) is 0.613. The second-order valence-electron chi connectivity index (χ2n) is 4.50. The topological polar surface area (TPSA) is 69.7 Å². The average Bonchev–Trinajstić information content (AvgIpc) is 2.86. The Morgan fingerprint density at radius 1 is 1.19 bits per heavy atom. The van der Waals surface area contributed by atoms with Gasteiger partial charge in [0.05, 0.1) is 18.8 Å². The summed E-state index contributed by atoms with van der Waals surface area (Å²) in [6.45, 7) is 3.93. The van der Waals surface area contributed by atoms with Crippen LogP contribution in [-0.4, -0.2) is 31.4 Å². The highest BCUT2D eigenvalue weighted by Gasteiger charge is 2.33. The summed E-state index contributed by atoms with van der Waals surface area (Å²) in [7, 11) is 0. The van der Waals surface area contributed by atoms with Gasteiger partial charge in [0.1, 0.15) is 12.2 Å². The molecule has 0 spiro atoms. The highest BCUT2D eigenvalue weighted by atomic mass is 16.5. The van der Waals surface area contributed by atoms with Crippen molar-refractivity contribution in [1.82, 2.24) is 0 Å². The van der Waals surface area contributed by atoms with E-state index in [0.717, 1.165) is 0 Å². The fourth-order valence-corrected chi connectivity index (χ4v) is 2.32. The number of benzene rings is 1. The number of fused-ring (bicyclic) bond motifs is 1. The number of carbonyl (C=O) groups excluding carboxylic acids is 3. The first-order chi connectivity index (χ1) is 10.1. The van der Waals surface area contributed by atoms with E-state index in [1.54, 1.807) is 32.0 Å². The first-order valence-corrected chi connectivity index (χ1v) is 6.77. The monoisotopic (exact) mass is 288 g/mol. The van der Waals surface area contributed by atoms with Crippen LogP contribution in [0.5, 0.6) is 0 Å². The van der Waals surface area contributed by atoms with Gasteiger partial charge in [-0.3, -0.25) is 9.59 Å². The molecule has 0 saturated carbocycles. The zero-order valence-electron chi connectivity index (χ0n) is 11.9. The number of carbonyl (C=O) groups is 3. The molecule has 1 atom stereocenters. The molecule has 0 N–H and O–H groups in total. The summed E-state index contributed by atoms with van der Waals surface area (Å²) in [5.41, 5.74) is 1.99. The molecule has 1 aromatic rings. The Hall–Kier alpha value is -2.43. The van der Waals surface area contributed by atoms with Crippen molar-refractivity contribution in [3.05, 3.63) is 41.0 Å². The van der Waals surface area contributed by atoms with Gasteiger partial charge in [-0.15, -0.1) is 0 Å². The minimum atomic E-state index is -0.681. The molecule has 0 aromatic heterocycles. The molecule has 5 heteroatoms. The van der Waals surface area contributed by atoms with E-state index in [1.807, 2.05) is 0 Å². The van der Waals surface area contributed by atoms with Gasteiger partial charge in [0, 0.05) is 5.56 Å². The lowest BCUT2D eigenvalue weighted by Gasteiger charge is -2.10. The zero-order chi connectivity index (χ0) is 15.4. The van der Waals surface area contributed by atoms with E-state index in [-0.39, 0.29) is 13.2 Å². The van der Waals surface area contributed by atoms with E-state index < -0.39 is 17.9 Å². The van der Waals surface area contributed by atoms with Crippen LogP contribution in [0, 0.1) is 0 Å². The van der Waals surface area contributed by atoms with Gasteiger partial charge in [0.15, 0.2) is 0 Å². The summed E-state index contributed by atoms with van der Waals surface area (Å²) in [5, 5.41) is 0. The molecular formula is C16H16O5. The Bertz CT molecular complexity index is 615. The second kappa shape index (κ2) is 6.35. The number of rotatable bonds is 5. The van der Waals surface area contributed by atoms with Crippen molar-refractivity contribution in [3.63, 3.8) is 0 Å². The van der Waals surface area contributed by atoms with Crippen LogP contribution >= 0.6 is 0 Å². The third-order valence-corrected chi connectivity index (χ3v) is 3.21. The van der Waals surface area contributed by atoms with Gasteiger partial charge < -0.3 is 9.47 Å². The predicted octanol–water partition coefficient (Wildman–Crippen LogP) is 2.11. The molecular weight excluding hydrogens is 272 g/mol. The predicted molar refractivity (Wildman–Crippen MR) is 75.8 cm³/mol. The summed E-state index contributed by atoms with van der Waals surface area (Å²) < 4.78 is 10.0. The van der Waals surface area contributed by atoms with E-state index in [1.165, 1.54) is 6.08 Å². The highest BCUT2D eigenvalue weighted by molar-refractivity contribution is 6.20. The van der Waals surface area contributed by atoms with Crippen LogP contribution in [0.2, 0.25) is 0 Å².